The van der Waals surface area contributed by atoms with Gasteiger partial charge in [0.1, 0.15) is 0 Å². The van der Waals surface area contributed by atoms with Crippen LogP contribution >= 0.6 is 23.5 Å². The van der Waals surface area contributed by atoms with Crippen molar-refractivity contribution in [3.63, 3.8) is 0 Å². The van der Waals surface area contributed by atoms with Crippen LogP contribution in [0.1, 0.15) is 19.3 Å². The van der Waals surface area contributed by atoms with Gasteiger partial charge in [-0.05, 0) is 18.6 Å². The summed E-state index contributed by atoms with van der Waals surface area (Å²) in [6.45, 7) is 1.05. The quantitative estimate of drug-likeness (QED) is 0.560. The Morgan fingerprint density at radius 1 is 1.56 bits per heavy atom. The van der Waals surface area contributed by atoms with E-state index >= 15 is 0 Å². The molecule has 1 unspecified atom stereocenters. The van der Waals surface area contributed by atoms with E-state index in [1.807, 2.05) is 23.5 Å². The Labute approximate surface area is 106 Å². The number of methoxy groups -OCH3 is 1. The molecule has 1 atom stereocenters. The lowest BCUT2D eigenvalue weighted by molar-refractivity contribution is -0.140. The molecule has 0 bridgehead atoms. The minimum absolute atomic E-state index is 0.107. The highest BCUT2D eigenvalue weighted by atomic mass is 32.2. The van der Waals surface area contributed by atoms with Crippen molar-refractivity contribution in [2.75, 3.05) is 36.7 Å². The molecule has 0 radical (unpaired) electrons. The van der Waals surface area contributed by atoms with Gasteiger partial charge < -0.3 is 10.1 Å². The number of rotatable bonds is 7. The SMILES string of the molecule is COC(=O)CCSCCNC1CCCSC1. The molecule has 94 valence electrons. The summed E-state index contributed by atoms with van der Waals surface area (Å²) in [6, 6.07) is 0.708. The third-order valence-corrected chi connectivity index (χ3v) is 4.72. The maximum Gasteiger partial charge on any atom is 0.306 e. The van der Waals surface area contributed by atoms with Gasteiger partial charge in [0.05, 0.1) is 13.5 Å². The Morgan fingerprint density at radius 3 is 3.12 bits per heavy atom. The average molecular weight is 263 g/mol. The largest absolute Gasteiger partial charge is 0.469 e. The number of hydrogen-bond donors (Lipinski definition) is 1. The highest BCUT2D eigenvalue weighted by molar-refractivity contribution is 7.99. The van der Waals surface area contributed by atoms with Crippen molar-refractivity contribution < 1.29 is 9.53 Å². The van der Waals surface area contributed by atoms with Gasteiger partial charge in [0, 0.05) is 29.8 Å². The molecule has 1 heterocycles. The number of carbonyl (C=O) groups excluding carboxylic acids is 1. The number of ether oxygens (including phenoxy) is 1. The Kier molecular flexibility index (Phi) is 8.15. The van der Waals surface area contributed by atoms with Gasteiger partial charge in [-0.2, -0.15) is 23.5 Å². The van der Waals surface area contributed by atoms with E-state index in [2.05, 4.69) is 10.1 Å². The van der Waals surface area contributed by atoms with Gasteiger partial charge in [-0.3, -0.25) is 4.79 Å². The molecule has 0 aromatic carbocycles. The lowest BCUT2D eigenvalue weighted by Gasteiger charge is -2.22. The molecule has 16 heavy (non-hydrogen) atoms. The predicted molar refractivity (Wildman–Crippen MR) is 72.3 cm³/mol. The van der Waals surface area contributed by atoms with Gasteiger partial charge in [0.15, 0.2) is 0 Å². The second-order valence-electron chi connectivity index (χ2n) is 3.81. The van der Waals surface area contributed by atoms with Crippen molar-refractivity contribution in [2.45, 2.75) is 25.3 Å². The molecule has 0 aliphatic carbocycles. The maximum atomic E-state index is 10.8. The fourth-order valence-electron chi connectivity index (χ4n) is 1.60. The first-order valence-corrected chi connectivity index (χ1v) is 8.09. The predicted octanol–water partition coefficient (Wildman–Crippen LogP) is 1.77. The van der Waals surface area contributed by atoms with Crippen LogP contribution in [0.5, 0.6) is 0 Å². The van der Waals surface area contributed by atoms with Crippen LogP contribution in [0, 0.1) is 0 Å². The summed E-state index contributed by atoms with van der Waals surface area (Å²) in [7, 11) is 1.44. The molecule has 3 nitrogen and oxygen atoms in total. The standard InChI is InChI=1S/C11H21NO2S2/c1-14-11(13)4-7-15-8-5-12-10-3-2-6-16-9-10/h10,12H,2-9H2,1H3. The molecule has 1 N–H and O–H groups in total. The molecule has 1 aliphatic heterocycles. The number of esters is 1. The molecule has 1 saturated heterocycles. The van der Waals surface area contributed by atoms with E-state index < -0.39 is 0 Å². The van der Waals surface area contributed by atoms with Gasteiger partial charge in [0.2, 0.25) is 0 Å². The molecule has 0 saturated carbocycles. The Balaban J connectivity index is 1.85. The zero-order valence-electron chi connectivity index (χ0n) is 9.87. The zero-order valence-corrected chi connectivity index (χ0v) is 11.5. The van der Waals surface area contributed by atoms with Gasteiger partial charge in [0.25, 0.3) is 0 Å². The van der Waals surface area contributed by atoms with E-state index in [1.54, 1.807) is 0 Å². The van der Waals surface area contributed by atoms with E-state index in [-0.39, 0.29) is 5.97 Å². The third kappa shape index (κ3) is 6.66. The molecular formula is C11H21NO2S2. The summed E-state index contributed by atoms with van der Waals surface area (Å²) in [5, 5.41) is 3.57. The molecule has 0 aromatic heterocycles. The van der Waals surface area contributed by atoms with Crippen LogP contribution in [0.3, 0.4) is 0 Å². The summed E-state index contributed by atoms with van der Waals surface area (Å²) in [5.41, 5.74) is 0. The molecular weight excluding hydrogens is 242 g/mol. The van der Waals surface area contributed by atoms with Crippen LogP contribution in [0.4, 0.5) is 0 Å². The average Bonchev–Trinajstić information content (AvgIpc) is 2.34. The Hall–Kier alpha value is 0.130. The van der Waals surface area contributed by atoms with Crippen LogP contribution in [0.25, 0.3) is 0 Å². The Morgan fingerprint density at radius 2 is 2.44 bits per heavy atom. The smallest absolute Gasteiger partial charge is 0.306 e. The first kappa shape index (κ1) is 14.2. The molecule has 1 aliphatic rings. The molecule has 0 amide bonds. The summed E-state index contributed by atoms with van der Waals surface area (Å²) in [5.74, 6) is 4.43. The molecule has 0 aromatic rings. The second kappa shape index (κ2) is 9.19. The number of carbonyl (C=O) groups is 1. The highest BCUT2D eigenvalue weighted by Crippen LogP contribution is 2.16. The molecule has 0 spiro atoms. The van der Waals surface area contributed by atoms with E-state index in [9.17, 15) is 4.79 Å². The minimum Gasteiger partial charge on any atom is -0.469 e. The number of nitrogens with one attached hydrogen (secondary N) is 1. The molecule has 1 rings (SSSR count). The summed E-state index contributed by atoms with van der Waals surface area (Å²) in [4.78, 5) is 10.8. The fourth-order valence-corrected chi connectivity index (χ4v) is 3.48. The maximum absolute atomic E-state index is 10.8. The van der Waals surface area contributed by atoms with Crippen molar-refractivity contribution in [3.8, 4) is 0 Å². The van der Waals surface area contributed by atoms with Crippen LogP contribution in [0.2, 0.25) is 0 Å². The van der Waals surface area contributed by atoms with Crippen molar-refractivity contribution in [3.05, 3.63) is 0 Å². The lowest BCUT2D eigenvalue weighted by Crippen LogP contribution is -2.35. The highest BCUT2D eigenvalue weighted by Gasteiger charge is 2.12. The topological polar surface area (TPSA) is 38.3 Å². The minimum atomic E-state index is -0.107. The van der Waals surface area contributed by atoms with Crippen LogP contribution < -0.4 is 5.32 Å². The van der Waals surface area contributed by atoms with Crippen molar-refractivity contribution in [1.82, 2.24) is 5.32 Å². The normalized spacial score (nSPS) is 20.7. The second-order valence-corrected chi connectivity index (χ2v) is 6.18. The van der Waals surface area contributed by atoms with Crippen molar-refractivity contribution in [2.24, 2.45) is 0 Å². The van der Waals surface area contributed by atoms with Crippen LogP contribution in [-0.4, -0.2) is 48.7 Å². The lowest BCUT2D eigenvalue weighted by atomic mass is 10.2. The summed E-state index contributed by atoms with van der Waals surface area (Å²) in [6.07, 6.45) is 3.19. The first-order chi connectivity index (χ1) is 7.83. The zero-order chi connectivity index (χ0) is 11.6. The summed E-state index contributed by atoms with van der Waals surface area (Å²) < 4.78 is 4.58. The van der Waals surface area contributed by atoms with Gasteiger partial charge in [-0.15, -0.1) is 0 Å². The van der Waals surface area contributed by atoms with Crippen molar-refractivity contribution >= 4 is 29.5 Å². The first-order valence-electron chi connectivity index (χ1n) is 5.78. The van der Waals surface area contributed by atoms with E-state index in [0.29, 0.717) is 12.5 Å². The van der Waals surface area contributed by atoms with Crippen molar-refractivity contribution in [1.29, 1.82) is 0 Å². The fraction of sp³-hybridized carbons (Fsp3) is 0.909. The molecule has 5 heteroatoms. The van der Waals surface area contributed by atoms with Gasteiger partial charge in [-0.1, -0.05) is 0 Å². The number of hydrogen-bond acceptors (Lipinski definition) is 5. The van der Waals surface area contributed by atoms with Crippen LogP contribution in [0.15, 0.2) is 0 Å². The summed E-state index contributed by atoms with van der Waals surface area (Å²) >= 11 is 3.86. The number of thioether (sulfide) groups is 2. The van der Waals surface area contributed by atoms with E-state index in [0.717, 1.165) is 18.1 Å². The van der Waals surface area contributed by atoms with E-state index in [4.69, 9.17) is 0 Å². The van der Waals surface area contributed by atoms with Crippen LogP contribution in [-0.2, 0) is 9.53 Å². The Bertz CT molecular complexity index is 196. The monoisotopic (exact) mass is 263 g/mol. The molecule has 1 fully saturated rings. The van der Waals surface area contributed by atoms with Gasteiger partial charge >= 0.3 is 5.97 Å². The van der Waals surface area contributed by atoms with E-state index in [1.165, 1.54) is 31.5 Å². The van der Waals surface area contributed by atoms with Gasteiger partial charge in [-0.25, -0.2) is 0 Å². The third-order valence-electron chi connectivity index (χ3n) is 2.52.